The lowest BCUT2D eigenvalue weighted by molar-refractivity contribution is -0.150. The fourth-order valence-corrected chi connectivity index (χ4v) is 3.83. The van der Waals surface area contributed by atoms with E-state index in [-0.39, 0.29) is 6.10 Å². The molecule has 28 heavy (non-hydrogen) atoms. The molecule has 1 heterocycles. The van der Waals surface area contributed by atoms with Crippen LogP contribution >= 0.6 is 0 Å². The first-order valence-electron chi connectivity index (χ1n) is 9.72. The Morgan fingerprint density at radius 1 is 0.786 bits per heavy atom. The fourth-order valence-electron chi connectivity index (χ4n) is 3.83. The van der Waals surface area contributed by atoms with Crippen LogP contribution in [0.2, 0.25) is 0 Å². The van der Waals surface area contributed by atoms with Crippen molar-refractivity contribution < 1.29 is 14.2 Å². The number of ether oxygens (including phenoxy) is 3. The zero-order valence-corrected chi connectivity index (χ0v) is 16.4. The molecule has 1 atom stereocenters. The molecule has 0 N–H and O–H groups in total. The molecule has 0 unspecified atom stereocenters. The lowest BCUT2D eigenvalue weighted by atomic mass is 9.80. The van der Waals surface area contributed by atoms with Crippen LogP contribution in [0.5, 0.6) is 0 Å². The molecule has 1 saturated heterocycles. The molecule has 0 aliphatic carbocycles. The summed E-state index contributed by atoms with van der Waals surface area (Å²) in [5, 5.41) is 0. The standard InChI is InChI=1S/C25H26O3/c1-24(2)26-18-23(28-24)19-27-25(20-12-6-3-7-13-20,21-14-8-4-9-15-21)22-16-10-5-11-17-22/h3-17,23H,18-19H2,1-2H3/t23-/m1/s1. The summed E-state index contributed by atoms with van der Waals surface area (Å²) in [4.78, 5) is 0. The van der Waals surface area contributed by atoms with E-state index in [1.54, 1.807) is 0 Å². The van der Waals surface area contributed by atoms with Crippen LogP contribution < -0.4 is 0 Å². The third kappa shape index (κ3) is 3.74. The summed E-state index contributed by atoms with van der Waals surface area (Å²) in [5.74, 6) is -0.567. The molecule has 0 amide bonds. The van der Waals surface area contributed by atoms with E-state index in [2.05, 4.69) is 72.8 Å². The highest BCUT2D eigenvalue weighted by molar-refractivity contribution is 5.47. The Morgan fingerprint density at radius 3 is 1.57 bits per heavy atom. The SMILES string of the molecule is CC1(C)OC[C@H](COC(c2ccccc2)(c2ccccc2)c2ccccc2)O1. The molecule has 0 aromatic heterocycles. The van der Waals surface area contributed by atoms with Crippen molar-refractivity contribution in [3.8, 4) is 0 Å². The second-order valence-electron chi connectivity index (χ2n) is 7.54. The first-order chi connectivity index (χ1) is 13.6. The number of benzene rings is 3. The van der Waals surface area contributed by atoms with Crippen LogP contribution in [0.1, 0.15) is 30.5 Å². The Labute approximate surface area is 166 Å². The van der Waals surface area contributed by atoms with Gasteiger partial charge in [-0.15, -0.1) is 0 Å². The van der Waals surface area contributed by atoms with Crippen LogP contribution in [-0.4, -0.2) is 25.1 Å². The van der Waals surface area contributed by atoms with Crippen molar-refractivity contribution in [1.29, 1.82) is 0 Å². The molecular formula is C25H26O3. The Balaban J connectivity index is 1.79. The van der Waals surface area contributed by atoms with Gasteiger partial charge in [0.25, 0.3) is 0 Å². The van der Waals surface area contributed by atoms with Gasteiger partial charge in [0.05, 0.1) is 13.2 Å². The molecule has 4 rings (SSSR count). The normalized spacial score (nSPS) is 18.9. The van der Waals surface area contributed by atoms with Crippen molar-refractivity contribution in [2.75, 3.05) is 13.2 Å². The van der Waals surface area contributed by atoms with E-state index < -0.39 is 11.4 Å². The van der Waals surface area contributed by atoms with E-state index in [0.29, 0.717) is 13.2 Å². The molecule has 0 bridgehead atoms. The van der Waals surface area contributed by atoms with Crippen LogP contribution in [0.25, 0.3) is 0 Å². The van der Waals surface area contributed by atoms with Crippen LogP contribution in [0.4, 0.5) is 0 Å². The molecule has 3 nitrogen and oxygen atoms in total. The molecule has 144 valence electrons. The van der Waals surface area contributed by atoms with Crippen molar-refractivity contribution in [3.05, 3.63) is 108 Å². The highest BCUT2D eigenvalue weighted by Gasteiger charge is 2.40. The molecule has 0 radical (unpaired) electrons. The molecule has 1 aliphatic rings. The molecular weight excluding hydrogens is 348 g/mol. The van der Waals surface area contributed by atoms with Crippen molar-refractivity contribution in [3.63, 3.8) is 0 Å². The van der Waals surface area contributed by atoms with Gasteiger partial charge in [0.2, 0.25) is 0 Å². The smallest absolute Gasteiger partial charge is 0.163 e. The van der Waals surface area contributed by atoms with E-state index >= 15 is 0 Å². The Bertz CT molecular complexity index is 779. The maximum Gasteiger partial charge on any atom is 0.163 e. The van der Waals surface area contributed by atoms with Gasteiger partial charge in [-0.2, -0.15) is 0 Å². The largest absolute Gasteiger partial charge is 0.358 e. The van der Waals surface area contributed by atoms with Crippen molar-refractivity contribution >= 4 is 0 Å². The van der Waals surface area contributed by atoms with E-state index in [1.165, 1.54) is 0 Å². The first-order valence-corrected chi connectivity index (χ1v) is 9.72. The third-order valence-electron chi connectivity index (χ3n) is 5.09. The molecule has 1 fully saturated rings. The summed E-state index contributed by atoms with van der Waals surface area (Å²) in [5.41, 5.74) is 2.54. The van der Waals surface area contributed by atoms with Gasteiger partial charge in [0, 0.05) is 0 Å². The molecule has 3 aromatic rings. The number of hydrogen-bond acceptors (Lipinski definition) is 3. The third-order valence-corrected chi connectivity index (χ3v) is 5.09. The van der Waals surface area contributed by atoms with Crippen molar-refractivity contribution in [2.45, 2.75) is 31.3 Å². The van der Waals surface area contributed by atoms with Gasteiger partial charge in [-0.25, -0.2) is 0 Å². The number of rotatable bonds is 6. The van der Waals surface area contributed by atoms with E-state index in [4.69, 9.17) is 14.2 Å². The van der Waals surface area contributed by atoms with Crippen LogP contribution in [0.3, 0.4) is 0 Å². The Kier molecular flexibility index (Phi) is 5.31. The highest BCUT2D eigenvalue weighted by Crippen LogP contribution is 2.41. The van der Waals surface area contributed by atoms with Crippen LogP contribution in [-0.2, 0) is 19.8 Å². The minimum Gasteiger partial charge on any atom is -0.358 e. The monoisotopic (exact) mass is 374 g/mol. The van der Waals surface area contributed by atoms with Gasteiger partial charge in [-0.3, -0.25) is 0 Å². The zero-order chi connectivity index (χ0) is 19.5. The summed E-state index contributed by atoms with van der Waals surface area (Å²) < 4.78 is 18.5. The van der Waals surface area contributed by atoms with Gasteiger partial charge in [0.1, 0.15) is 11.7 Å². The summed E-state index contributed by atoms with van der Waals surface area (Å²) >= 11 is 0. The van der Waals surface area contributed by atoms with E-state index in [0.717, 1.165) is 16.7 Å². The second-order valence-corrected chi connectivity index (χ2v) is 7.54. The maximum atomic E-state index is 6.76. The predicted molar refractivity (Wildman–Crippen MR) is 110 cm³/mol. The van der Waals surface area contributed by atoms with Gasteiger partial charge in [-0.1, -0.05) is 91.0 Å². The van der Waals surface area contributed by atoms with Crippen molar-refractivity contribution in [1.82, 2.24) is 0 Å². The average Bonchev–Trinajstić information content (AvgIpc) is 3.10. The van der Waals surface area contributed by atoms with Gasteiger partial charge in [-0.05, 0) is 30.5 Å². The van der Waals surface area contributed by atoms with Crippen LogP contribution in [0.15, 0.2) is 91.0 Å². The first kappa shape index (κ1) is 18.9. The summed E-state index contributed by atoms with van der Waals surface area (Å²) in [6, 6.07) is 31.1. The van der Waals surface area contributed by atoms with Crippen molar-refractivity contribution in [2.24, 2.45) is 0 Å². The Morgan fingerprint density at radius 2 is 1.21 bits per heavy atom. The topological polar surface area (TPSA) is 27.7 Å². The Hall–Kier alpha value is -2.46. The lowest BCUT2D eigenvalue weighted by Gasteiger charge is -2.36. The molecule has 3 heteroatoms. The maximum absolute atomic E-state index is 6.76. The summed E-state index contributed by atoms with van der Waals surface area (Å²) in [6.07, 6.45) is -0.106. The fraction of sp³-hybridized carbons (Fsp3) is 0.280. The minimum absolute atomic E-state index is 0.106. The summed E-state index contributed by atoms with van der Waals surface area (Å²) in [6.45, 7) is 4.83. The predicted octanol–water partition coefficient (Wildman–Crippen LogP) is 5.15. The van der Waals surface area contributed by atoms with Crippen LogP contribution in [0, 0.1) is 0 Å². The molecule has 0 spiro atoms. The quantitative estimate of drug-likeness (QED) is 0.559. The molecule has 1 aliphatic heterocycles. The lowest BCUT2D eigenvalue weighted by Crippen LogP contribution is -2.36. The van der Waals surface area contributed by atoms with Gasteiger partial charge < -0.3 is 14.2 Å². The van der Waals surface area contributed by atoms with Gasteiger partial charge >= 0.3 is 0 Å². The summed E-state index contributed by atoms with van der Waals surface area (Å²) in [7, 11) is 0. The minimum atomic E-state index is -0.722. The highest BCUT2D eigenvalue weighted by atomic mass is 16.7. The van der Waals surface area contributed by atoms with Gasteiger partial charge in [0.15, 0.2) is 5.79 Å². The second kappa shape index (κ2) is 7.88. The average molecular weight is 374 g/mol. The molecule has 3 aromatic carbocycles. The van der Waals surface area contributed by atoms with E-state index in [1.807, 2.05) is 32.0 Å². The number of hydrogen-bond donors (Lipinski definition) is 0. The van der Waals surface area contributed by atoms with E-state index in [9.17, 15) is 0 Å². The molecule has 0 saturated carbocycles. The zero-order valence-electron chi connectivity index (χ0n) is 16.4.